The highest BCUT2D eigenvalue weighted by Gasteiger charge is 2.51. The number of hydrogen-bond acceptors (Lipinski definition) is 16. The zero-order valence-corrected chi connectivity index (χ0v) is 24.4. The Balaban J connectivity index is 1.55. The van der Waals surface area contributed by atoms with Gasteiger partial charge in [-0.25, -0.2) is 4.42 Å². The molecule has 0 spiro atoms. The van der Waals surface area contributed by atoms with Gasteiger partial charge in [0.25, 0.3) is 0 Å². The highest BCUT2D eigenvalue weighted by molar-refractivity contribution is 5.88. The molecule has 3 aromatic rings. The van der Waals surface area contributed by atoms with Crippen molar-refractivity contribution in [1.29, 1.82) is 0 Å². The first kappa shape index (κ1) is 33.6. The Hall–Kier alpha value is -3.75. The Labute approximate surface area is 260 Å². The average Bonchev–Trinajstić information content (AvgIpc) is 3.04. The van der Waals surface area contributed by atoms with E-state index in [-0.39, 0.29) is 51.0 Å². The summed E-state index contributed by atoms with van der Waals surface area (Å²) in [6.45, 7) is -1.57. The minimum Gasteiger partial charge on any atom is -0.507 e. The molecule has 0 aliphatic carbocycles. The fourth-order valence-electron chi connectivity index (χ4n) is 5.27. The summed E-state index contributed by atoms with van der Waals surface area (Å²) < 4.78 is 39.1. The third-order valence-corrected chi connectivity index (χ3v) is 7.76. The van der Waals surface area contributed by atoms with Gasteiger partial charge in [-0.3, -0.25) is 0 Å². The molecule has 17 nitrogen and oxygen atoms in total. The fourth-order valence-corrected chi connectivity index (χ4v) is 5.27. The van der Waals surface area contributed by atoms with Crippen LogP contribution in [0.2, 0.25) is 0 Å². The zero-order chi connectivity index (χ0) is 33.4. The molecule has 46 heavy (non-hydrogen) atoms. The molecule has 1 aromatic heterocycles. The van der Waals surface area contributed by atoms with Crippen LogP contribution in [-0.2, 0) is 14.2 Å². The van der Waals surface area contributed by atoms with Crippen molar-refractivity contribution >= 4 is 11.0 Å². The number of methoxy groups -OCH3 is 2. The summed E-state index contributed by atoms with van der Waals surface area (Å²) in [5.41, 5.74) is 0.174. The van der Waals surface area contributed by atoms with Gasteiger partial charge < -0.3 is 79.5 Å². The van der Waals surface area contributed by atoms with E-state index < -0.39 is 80.4 Å². The molecule has 2 saturated heterocycles. The molecule has 17 heteroatoms. The third kappa shape index (κ3) is 6.17. The second kappa shape index (κ2) is 13.5. The molecule has 2 aliphatic heterocycles. The van der Waals surface area contributed by atoms with E-state index in [0.29, 0.717) is 0 Å². The van der Waals surface area contributed by atoms with Crippen LogP contribution in [0.15, 0.2) is 34.7 Å². The monoisotopic (exact) mass is 655 g/mol. The molecule has 252 valence electrons. The summed E-state index contributed by atoms with van der Waals surface area (Å²) in [6.07, 6.45) is -17.1. The maximum atomic E-state index is 11.3. The van der Waals surface area contributed by atoms with E-state index in [4.69, 9.17) is 32.8 Å². The van der Waals surface area contributed by atoms with Crippen molar-refractivity contribution in [2.45, 2.75) is 61.4 Å². The largest absolute Gasteiger partial charge is 0.507 e. The molecule has 0 saturated carbocycles. The van der Waals surface area contributed by atoms with E-state index in [9.17, 15) is 51.1 Å². The summed E-state index contributed by atoms with van der Waals surface area (Å²) >= 11 is 0. The first-order valence-electron chi connectivity index (χ1n) is 14.0. The maximum Gasteiger partial charge on any atom is 0.402 e. The standard InChI is InChI=1S/C29H34O17/c1-40-15-3-10(4-16(41-2)20(15)34)26-17(7-12-13(33)5-11(32)6-14(12)42-26)43-29-25(39)27(22(36)19(9-31)45-29)46-28-24(38)23(37)21(35)18(8-30)44-28/h3-7,18-19,21-25,27-31,35-39H,8-9H2,1-2H3,(H2-,32,33,34)/p+1/t18-,19-,21-,22-,23+,24-,25-,27+,28+,29-/m1/s1. The van der Waals surface area contributed by atoms with Crippen molar-refractivity contribution in [2.24, 2.45) is 0 Å². The minimum absolute atomic E-state index is 0.0107. The number of phenolic OH excluding ortho intramolecular Hbond substituents is 3. The van der Waals surface area contributed by atoms with Crippen LogP contribution in [0.1, 0.15) is 0 Å². The van der Waals surface area contributed by atoms with E-state index in [1.165, 1.54) is 38.5 Å². The number of benzene rings is 2. The lowest BCUT2D eigenvalue weighted by Gasteiger charge is -2.45. The molecule has 0 unspecified atom stereocenters. The zero-order valence-electron chi connectivity index (χ0n) is 24.4. The summed E-state index contributed by atoms with van der Waals surface area (Å²) in [7, 11) is 2.59. The molecule has 2 aromatic carbocycles. The molecule has 2 fully saturated rings. The Morgan fingerprint density at radius 3 is 1.91 bits per heavy atom. The van der Waals surface area contributed by atoms with Crippen LogP contribution in [0.5, 0.6) is 34.5 Å². The van der Waals surface area contributed by atoms with Crippen LogP contribution in [0, 0.1) is 0 Å². The number of hydrogen-bond donors (Lipinski definition) is 10. The fraction of sp³-hybridized carbons (Fsp3) is 0.483. The second-order valence-electron chi connectivity index (χ2n) is 10.7. The Kier molecular flexibility index (Phi) is 9.89. The number of aromatic hydroxyl groups is 3. The van der Waals surface area contributed by atoms with Crippen molar-refractivity contribution in [3.63, 3.8) is 0 Å². The quantitative estimate of drug-likeness (QED) is 0.118. The SMILES string of the molecule is COc1cc(-c2[o+]c3cc(O)cc(O)c3cc2O[C@@H]2O[C@H](CO)[C@@H](O)[C@H](O[C@@H]3O[C@H](CO)[C@@H](O)[C@H](O)[C@H]3O)[C@H]2O)cc(OC)c1O. The number of ether oxygens (including phenoxy) is 6. The van der Waals surface area contributed by atoms with Gasteiger partial charge in [-0.05, 0) is 0 Å². The molecule has 10 atom stereocenters. The van der Waals surface area contributed by atoms with Crippen LogP contribution < -0.4 is 14.2 Å². The predicted molar refractivity (Wildman–Crippen MR) is 151 cm³/mol. The molecule has 0 amide bonds. The van der Waals surface area contributed by atoms with Gasteiger partial charge in [0, 0.05) is 24.3 Å². The Morgan fingerprint density at radius 1 is 0.696 bits per heavy atom. The molecule has 2 aliphatic rings. The van der Waals surface area contributed by atoms with Gasteiger partial charge in [-0.2, -0.15) is 0 Å². The van der Waals surface area contributed by atoms with Gasteiger partial charge in [-0.1, -0.05) is 0 Å². The van der Waals surface area contributed by atoms with Crippen LogP contribution in [0.25, 0.3) is 22.3 Å². The molecule has 10 N–H and O–H groups in total. The number of aliphatic hydroxyl groups is 7. The van der Waals surface area contributed by atoms with Crippen molar-refractivity contribution in [1.82, 2.24) is 0 Å². The summed E-state index contributed by atoms with van der Waals surface area (Å²) in [5, 5.41) is 103. The number of aliphatic hydroxyl groups excluding tert-OH is 7. The molecule has 5 rings (SSSR count). The number of phenols is 3. The highest BCUT2D eigenvalue weighted by atomic mass is 16.7. The maximum absolute atomic E-state index is 11.3. The first-order valence-corrected chi connectivity index (χ1v) is 14.0. The van der Waals surface area contributed by atoms with Gasteiger partial charge in [-0.15, -0.1) is 0 Å². The van der Waals surface area contributed by atoms with E-state index >= 15 is 0 Å². The first-order chi connectivity index (χ1) is 21.9. The van der Waals surface area contributed by atoms with Crippen molar-refractivity contribution in [3.8, 4) is 45.8 Å². The molecule has 0 bridgehead atoms. The van der Waals surface area contributed by atoms with E-state index in [2.05, 4.69) is 0 Å². The topological polar surface area (TPSA) is 269 Å². The lowest BCUT2D eigenvalue weighted by atomic mass is 9.97. The minimum atomic E-state index is -1.90. The van der Waals surface area contributed by atoms with Gasteiger partial charge in [0.15, 0.2) is 17.8 Å². The summed E-state index contributed by atoms with van der Waals surface area (Å²) in [5.74, 6) is -1.43. The van der Waals surface area contributed by atoms with Crippen LogP contribution >= 0.6 is 0 Å². The van der Waals surface area contributed by atoms with Crippen molar-refractivity contribution in [2.75, 3.05) is 27.4 Å². The predicted octanol–water partition coefficient (Wildman–Crippen LogP) is -1.48. The lowest BCUT2D eigenvalue weighted by Crippen LogP contribution is -2.65. The summed E-state index contributed by atoms with van der Waals surface area (Å²) in [6, 6.07) is 6.27. The molecule has 0 radical (unpaired) electrons. The van der Waals surface area contributed by atoms with E-state index in [0.717, 1.165) is 6.07 Å². The second-order valence-corrected chi connectivity index (χ2v) is 10.7. The number of fused-ring (bicyclic) bond motifs is 1. The van der Waals surface area contributed by atoms with Gasteiger partial charge >= 0.3 is 11.3 Å². The Bertz CT molecular complexity index is 1510. The highest BCUT2D eigenvalue weighted by Crippen LogP contribution is 2.45. The summed E-state index contributed by atoms with van der Waals surface area (Å²) in [4.78, 5) is 0. The Morgan fingerprint density at radius 2 is 1.30 bits per heavy atom. The van der Waals surface area contributed by atoms with Gasteiger partial charge in [0.05, 0.1) is 39.1 Å². The van der Waals surface area contributed by atoms with E-state index in [1.807, 2.05) is 0 Å². The number of rotatable bonds is 9. The molecular formula is C29H35O17+. The average molecular weight is 656 g/mol. The smallest absolute Gasteiger partial charge is 0.402 e. The van der Waals surface area contributed by atoms with Crippen LogP contribution in [0.4, 0.5) is 0 Å². The normalized spacial score (nSPS) is 31.5. The lowest BCUT2D eigenvalue weighted by molar-refractivity contribution is -0.352. The van der Waals surface area contributed by atoms with Gasteiger partial charge in [0.1, 0.15) is 65.7 Å². The van der Waals surface area contributed by atoms with Crippen molar-refractivity contribution in [3.05, 3.63) is 30.3 Å². The van der Waals surface area contributed by atoms with Crippen molar-refractivity contribution < 1.29 is 83.9 Å². The third-order valence-electron chi connectivity index (χ3n) is 7.76. The van der Waals surface area contributed by atoms with E-state index in [1.54, 1.807) is 0 Å². The molecular weight excluding hydrogens is 620 g/mol. The molecule has 3 heterocycles. The van der Waals surface area contributed by atoms with Crippen LogP contribution in [-0.4, -0.2) is 140 Å². The van der Waals surface area contributed by atoms with Crippen LogP contribution in [0.3, 0.4) is 0 Å². The van der Waals surface area contributed by atoms with Gasteiger partial charge in [0.2, 0.25) is 17.8 Å².